The lowest BCUT2D eigenvalue weighted by atomic mass is 9.95. The molecule has 7 heteroatoms. The Morgan fingerprint density at radius 3 is 2.48 bits per heavy atom. The summed E-state index contributed by atoms with van der Waals surface area (Å²) in [5.74, 6) is -0.0283. The molecule has 1 aliphatic heterocycles. The van der Waals surface area contributed by atoms with E-state index in [2.05, 4.69) is 41.4 Å². The van der Waals surface area contributed by atoms with Gasteiger partial charge in [-0.3, -0.25) is 14.0 Å². The highest BCUT2D eigenvalue weighted by Crippen LogP contribution is 2.24. The van der Waals surface area contributed by atoms with Crippen LogP contribution in [0.3, 0.4) is 0 Å². The van der Waals surface area contributed by atoms with Crippen LogP contribution in [-0.4, -0.2) is 45.6 Å². The Morgan fingerprint density at radius 1 is 1.14 bits per heavy atom. The number of benzene rings is 2. The lowest BCUT2D eigenvalue weighted by Gasteiger charge is -2.31. The smallest absolute Gasteiger partial charge is 0.231 e. The van der Waals surface area contributed by atoms with Gasteiger partial charge in [0.15, 0.2) is 0 Å². The van der Waals surface area contributed by atoms with Gasteiger partial charge in [-0.2, -0.15) is 0 Å². The van der Waals surface area contributed by atoms with Crippen LogP contribution in [0.2, 0.25) is 0 Å². The SMILES string of the molecule is Cc1cccc(CN2CCC(C(=O)Nc3cccc(N(C)S(C)(=O)=O)c3)CC2)c1. The minimum absolute atomic E-state index is 0.000589. The van der Waals surface area contributed by atoms with Gasteiger partial charge in [-0.15, -0.1) is 0 Å². The fourth-order valence-electron chi connectivity index (χ4n) is 3.64. The molecule has 0 aromatic heterocycles. The minimum atomic E-state index is -3.34. The molecule has 1 aliphatic rings. The summed E-state index contributed by atoms with van der Waals surface area (Å²) in [6.07, 6.45) is 2.80. The highest BCUT2D eigenvalue weighted by Gasteiger charge is 2.25. The standard InChI is InChI=1S/C22H29N3O3S/c1-17-6-4-7-18(14-17)16-25-12-10-19(11-13-25)22(26)23-20-8-5-9-21(15-20)24(2)29(3,27)28/h4-9,14-15,19H,10-13,16H2,1-3H3,(H,23,26). The Bertz CT molecular complexity index is 967. The fraction of sp³-hybridized carbons (Fsp3) is 0.409. The monoisotopic (exact) mass is 415 g/mol. The molecule has 1 N–H and O–H groups in total. The van der Waals surface area contributed by atoms with Gasteiger partial charge in [-0.1, -0.05) is 35.9 Å². The topological polar surface area (TPSA) is 69.7 Å². The quantitative estimate of drug-likeness (QED) is 0.786. The first-order valence-corrected chi connectivity index (χ1v) is 11.7. The molecule has 3 rings (SSSR count). The predicted molar refractivity (Wildman–Crippen MR) is 117 cm³/mol. The van der Waals surface area contributed by atoms with E-state index in [-0.39, 0.29) is 11.8 Å². The van der Waals surface area contributed by atoms with E-state index in [9.17, 15) is 13.2 Å². The van der Waals surface area contributed by atoms with Gasteiger partial charge < -0.3 is 5.32 Å². The van der Waals surface area contributed by atoms with Crippen molar-refractivity contribution in [3.63, 3.8) is 0 Å². The maximum absolute atomic E-state index is 12.7. The summed E-state index contributed by atoms with van der Waals surface area (Å²) in [5.41, 5.74) is 3.71. The predicted octanol–water partition coefficient (Wildman–Crippen LogP) is 3.24. The Balaban J connectivity index is 1.55. The lowest BCUT2D eigenvalue weighted by molar-refractivity contribution is -0.121. The molecule has 29 heavy (non-hydrogen) atoms. The van der Waals surface area contributed by atoms with Crippen molar-refractivity contribution in [3.8, 4) is 0 Å². The Hall–Kier alpha value is -2.38. The molecule has 1 heterocycles. The second kappa shape index (κ2) is 8.97. The number of piperidine rings is 1. The Kier molecular flexibility index (Phi) is 6.59. The van der Waals surface area contributed by atoms with Crippen LogP contribution < -0.4 is 9.62 Å². The fourth-order valence-corrected chi connectivity index (χ4v) is 4.13. The maximum Gasteiger partial charge on any atom is 0.231 e. The summed E-state index contributed by atoms with van der Waals surface area (Å²) in [6.45, 7) is 4.80. The molecule has 0 unspecified atom stereocenters. The third-order valence-corrected chi connectivity index (χ3v) is 6.63. The van der Waals surface area contributed by atoms with E-state index >= 15 is 0 Å². The average molecular weight is 416 g/mol. The minimum Gasteiger partial charge on any atom is -0.326 e. The van der Waals surface area contributed by atoms with Gasteiger partial charge in [0.1, 0.15) is 0 Å². The molecule has 6 nitrogen and oxygen atoms in total. The van der Waals surface area contributed by atoms with Gasteiger partial charge in [0.05, 0.1) is 11.9 Å². The third kappa shape index (κ3) is 5.81. The van der Waals surface area contributed by atoms with Crippen molar-refractivity contribution in [2.24, 2.45) is 5.92 Å². The Morgan fingerprint density at radius 2 is 1.83 bits per heavy atom. The number of rotatable bonds is 6. The van der Waals surface area contributed by atoms with Crippen LogP contribution in [-0.2, 0) is 21.4 Å². The first-order chi connectivity index (χ1) is 13.7. The number of aryl methyl sites for hydroxylation is 1. The molecule has 2 aromatic rings. The number of sulfonamides is 1. The zero-order valence-electron chi connectivity index (χ0n) is 17.3. The average Bonchev–Trinajstić information content (AvgIpc) is 2.67. The van der Waals surface area contributed by atoms with E-state index in [0.29, 0.717) is 11.4 Å². The number of carbonyl (C=O) groups excluding carboxylic acids is 1. The van der Waals surface area contributed by atoms with E-state index < -0.39 is 10.0 Å². The maximum atomic E-state index is 12.7. The largest absolute Gasteiger partial charge is 0.326 e. The second-order valence-corrected chi connectivity index (χ2v) is 9.82. The van der Waals surface area contributed by atoms with Crippen LogP contribution in [0.1, 0.15) is 24.0 Å². The number of anilines is 2. The number of carbonyl (C=O) groups is 1. The van der Waals surface area contributed by atoms with Crippen molar-refractivity contribution in [3.05, 3.63) is 59.7 Å². The summed E-state index contributed by atoms with van der Waals surface area (Å²) < 4.78 is 24.7. The van der Waals surface area contributed by atoms with Gasteiger partial charge in [-0.25, -0.2) is 8.42 Å². The van der Waals surface area contributed by atoms with E-state index in [0.717, 1.165) is 38.7 Å². The van der Waals surface area contributed by atoms with Crippen LogP contribution in [0.5, 0.6) is 0 Å². The number of nitrogens with zero attached hydrogens (tertiary/aromatic N) is 2. The van der Waals surface area contributed by atoms with Crippen LogP contribution in [0.15, 0.2) is 48.5 Å². The van der Waals surface area contributed by atoms with E-state index in [4.69, 9.17) is 0 Å². The van der Waals surface area contributed by atoms with Crippen molar-refractivity contribution in [1.29, 1.82) is 0 Å². The molecule has 156 valence electrons. The first-order valence-electron chi connectivity index (χ1n) is 9.85. The normalized spacial score (nSPS) is 15.8. The summed E-state index contributed by atoms with van der Waals surface area (Å²) in [4.78, 5) is 15.1. The molecule has 2 aromatic carbocycles. The zero-order chi connectivity index (χ0) is 21.0. The Labute approximate surface area is 173 Å². The molecule has 0 saturated carbocycles. The number of amides is 1. The van der Waals surface area contributed by atoms with Gasteiger partial charge >= 0.3 is 0 Å². The molecule has 1 saturated heterocycles. The van der Waals surface area contributed by atoms with Crippen molar-refractivity contribution in [2.45, 2.75) is 26.3 Å². The summed E-state index contributed by atoms with van der Waals surface area (Å²) >= 11 is 0. The van der Waals surface area contributed by atoms with Gasteiger partial charge in [-0.05, 0) is 56.6 Å². The highest BCUT2D eigenvalue weighted by atomic mass is 32.2. The molecule has 0 atom stereocenters. The molecular weight excluding hydrogens is 386 g/mol. The van der Waals surface area contributed by atoms with Gasteiger partial charge in [0.2, 0.25) is 15.9 Å². The third-order valence-electron chi connectivity index (χ3n) is 5.42. The number of hydrogen-bond acceptors (Lipinski definition) is 4. The van der Waals surface area contributed by atoms with E-state index in [1.807, 2.05) is 0 Å². The van der Waals surface area contributed by atoms with Crippen molar-refractivity contribution < 1.29 is 13.2 Å². The molecule has 1 amide bonds. The van der Waals surface area contributed by atoms with E-state index in [1.165, 1.54) is 22.5 Å². The van der Waals surface area contributed by atoms with Gasteiger partial charge in [0.25, 0.3) is 0 Å². The zero-order valence-corrected chi connectivity index (χ0v) is 18.1. The molecule has 0 aliphatic carbocycles. The highest BCUT2D eigenvalue weighted by molar-refractivity contribution is 7.92. The van der Waals surface area contributed by atoms with Crippen LogP contribution in [0, 0.1) is 12.8 Å². The summed E-state index contributed by atoms with van der Waals surface area (Å²) in [6, 6.07) is 15.5. The lowest BCUT2D eigenvalue weighted by Crippen LogP contribution is -2.37. The van der Waals surface area contributed by atoms with E-state index in [1.54, 1.807) is 24.3 Å². The van der Waals surface area contributed by atoms with Crippen LogP contribution in [0.4, 0.5) is 11.4 Å². The van der Waals surface area contributed by atoms with Gasteiger partial charge in [0, 0.05) is 25.2 Å². The number of nitrogens with one attached hydrogen (secondary N) is 1. The van der Waals surface area contributed by atoms with Crippen molar-refractivity contribution in [2.75, 3.05) is 36.0 Å². The van der Waals surface area contributed by atoms with Crippen molar-refractivity contribution >= 4 is 27.3 Å². The summed E-state index contributed by atoms with van der Waals surface area (Å²) in [7, 11) is -1.84. The second-order valence-electron chi connectivity index (χ2n) is 7.81. The molecular formula is C22H29N3O3S. The molecule has 1 fully saturated rings. The first kappa shape index (κ1) is 21.3. The number of likely N-dealkylation sites (tertiary alicyclic amines) is 1. The molecule has 0 spiro atoms. The summed E-state index contributed by atoms with van der Waals surface area (Å²) in [5, 5.41) is 2.95. The molecule has 0 radical (unpaired) electrons. The number of hydrogen-bond donors (Lipinski definition) is 1. The molecule has 0 bridgehead atoms. The van der Waals surface area contributed by atoms with Crippen LogP contribution >= 0.6 is 0 Å². The van der Waals surface area contributed by atoms with Crippen molar-refractivity contribution in [1.82, 2.24) is 4.90 Å². The van der Waals surface area contributed by atoms with Crippen LogP contribution in [0.25, 0.3) is 0 Å².